The van der Waals surface area contributed by atoms with Gasteiger partial charge in [-0.05, 0) is 35.5 Å². The molecule has 1 N–H and O–H groups in total. The lowest BCUT2D eigenvalue weighted by molar-refractivity contribution is -0.117. The van der Waals surface area contributed by atoms with Gasteiger partial charge in [0.1, 0.15) is 0 Å². The zero-order chi connectivity index (χ0) is 19.7. The molecule has 0 spiro atoms. The summed E-state index contributed by atoms with van der Waals surface area (Å²) in [6, 6.07) is 13.8. The van der Waals surface area contributed by atoms with Gasteiger partial charge in [-0.25, -0.2) is 0 Å². The molecule has 5 nitrogen and oxygen atoms in total. The first kappa shape index (κ1) is 18.3. The molecule has 6 heteroatoms. The third-order valence-corrected chi connectivity index (χ3v) is 5.40. The molecule has 0 saturated heterocycles. The number of ketones is 2. The number of fused-ring (bicyclic) bond motifs is 2. The molecule has 0 radical (unpaired) electrons. The van der Waals surface area contributed by atoms with Crippen molar-refractivity contribution in [2.24, 2.45) is 0 Å². The van der Waals surface area contributed by atoms with Crippen molar-refractivity contribution in [2.75, 3.05) is 18.9 Å². The number of benzene rings is 2. The predicted molar refractivity (Wildman–Crippen MR) is 109 cm³/mol. The van der Waals surface area contributed by atoms with Crippen molar-refractivity contribution < 1.29 is 14.4 Å². The fraction of sp³-hybridized carbons (Fsp3) is 0.136. The summed E-state index contributed by atoms with van der Waals surface area (Å²) in [7, 11) is 1.86. The van der Waals surface area contributed by atoms with Gasteiger partial charge in [0, 0.05) is 23.2 Å². The van der Waals surface area contributed by atoms with Crippen LogP contribution in [0.1, 0.15) is 37.4 Å². The van der Waals surface area contributed by atoms with E-state index < -0.39 is 0 Å². The Balaban J connectivity index is 1.56. The molecule has 28 heavy (non-hydrogen) atoms. The molecular formula is C22H18N2O3S. The lowest BCUT2D eigenvalue weighted by atomic mass is 9.83. The quantitative estimate of drug-likeness (QED) is 0.566. The van der Waals surface area contributed by atoms with Gasteiger partial charge in [0.15, 0.2) is 11.6 Å². The predicted octanol–water partition coefficient (Wildman–Crippen LogP) is 3.59. The molecule has 1 heterocycles. The maximum Gasteiger partial charge on any atom is 0.238 e. The molecule has 0 aliphatic heterocycles. The standard InChI is InChI=1S/C22H18N2O3S/c1-24(11-14-9-10-28-13-14)12-19(25)23-18-8-4-7-17-20(18)22(27)16-6-3-2-5-15(16)21(17)26/h2-10,13H,11-12H2,1H3,(H,23,25). The maximum atomic E-state index is 13.0. The fourth-order valence-electron chi connectivity index (χ4n) is 3.43. The molecule has 4 rings (SSSR count). The van der Waals surface area contributed by atoms with Gasteiger partial charge in [0.2, 0.25) is 5.91 Å². The second-order valence-corrected chi connectivity index (χ2v) is 7.56. The van der Waals surface area contributed by atoms with Crippen LogP contribution in [0, 0.1) is 0 Å². The molecule has 0 bridgehead atoms. The second kappa shape index (κ2) is 7.50. The normalized spacial score (nSPS) is 12.6. The number of hydrogen-bond acceptors (Lipinski definition) is 5. The van der Waals surface area contributed by atoms with Gasteiger partial charge >= 0.3 is 0 Å². The highest BCUT2D eigenvalue weighted by Crippen LogP contribution is 2.31. The molecule has 3 aromatic rings. The van der Waals surface area contributed by atoms with Gasteiger partial charge in [-0.1, -0.05) is 36.4 Å². The Hall–Kier alpha value is -3.09. The molecule has 1 aliphatic rings. The topological polar surface area (TPSA) is 66.5 Å². The summed E-state index contributed by atoms with van der Waals surface area (Å²) in [5, 5.41) is 6.86. The second-order valence-electron chi connectivity index (χ2n) is 6.78. The van der Waals surface area contributed by atoms with E-state index in [0.717, 1.165) is 5.56 Å². The average molecular weight is 390 g/mol. The van der Waals surface area contributed by atoms with Crippen LogP contribution in [0.4, 0.5) is 5.69 Å². The van der Waals surface area contributed by atoms with Crippen molar-refractivity contribution in [3.63, 3.8) is 0 Å². The number of thiophene rings is 1. The van der Waals surface area contributed by atoms with E-state index >= 15 is 0 Å². The van der Waals surface area contributed by atoms with E-state index in [1.807, 2.05) is 28.8 Å². The first-order valence-corrected chi connectivity index (χ1v) is 9.80. The van der Waals surface area contributed by atoms with Gasteiger partial charge in [-0.2, -0.15) is 11.3 Å². The molecule has 0 atom stereocenters. The van der Waals surface area contributed by atoms with Crippen molar-refractivity contribution in [1.29, 1.82) is 0 Å². The number of nitrogens with zero attached hydrogens (tertiary/aromatic N) is 1. The Kier molecular flexibility index (Phi) is 4.90. The van der Waals surface area contributed by atoms with Gasteiger partial charge in [0.25, 0.3) is 0 Å². The lowest BCUT2D eigenvalue weighted by Gasteiger charge is -2.21. The minimum atomic E-state index is -0.243. The summed E-state index contributed by atoms with van der Waals surface area (Å²) in [6.07, 6.45) is 0. The molecule has 2 aromatic carbocycles. The van der Waals surface area contributed by atoms with E-state index in [0.29, 0.717) is 28.9 Å². The molecule has 1 aliphatic carbocycles. The Morgan fingerprint density at radius 3 is 2.39 bits per heavy atom. The SMILES string of the molecule is CN(CC(=O)Nc1cccc2c1C(=O)c1ccccc1C2=O)Cc1ccsc1. The molecule has 1 amide bonds. The van der Waals surface area contributed by atoms with Crippen LogP contribution in [0.15, 0.2) is 59.3 Å². The van der Waals surface area contributed by atoms with Crippen LogP contribution >= 0.6 is 11.3 Å². The Morgan fingerprint density at radius 1 is 0.964 bits per heavy atom. The van der Waals surface area contributed by atoms with E-state index in [2.05, 4.69) is 5.32 Å². The number of likely N-dealkylation sites (N-methyl/N-ethyl adjacent to an activating group) is 1. The summed E-state index contributed by atoms with van der Waals surface area (Å²) in [5.74, 6) is -0.672. The number of anilines is 1. The number of rotatable bonds is 5. The molecule has 0 fully saturated rings. The molecule has 140 valence electrons. The number of amides is 1. The van der Waals surface area contributed by atoms with Crippen LogP contribution in [0.5, 0.6) is 0 Å². The lowest BCUT2D eigenvalue weighted by Crippen LogP contribution is -2.31. The third-order valence-electron chi connectivity index (χ3n) is 4.67. The van der Waals surface area contributed by atoms with Crippen LogP contribution in [-0.2, 0) is 11.3 Å². The van der Waals surface area contributed by atoms with Crippen molar-refractivity contribution in [3.8, 4) is 0 Å². The van der Waals surface area contributed by atoms with Gasteiger partial charge in [-0.15, -0.1) is 0 Å². The van der Waals surface area contributed by atoms with Crippen LogP contribution in [0.25, 0.3) is 0 Å². The summed E-state index contributed by atoms with van der Waals surface area (Å²) >= 11 is 1.62. The average Bonchev–Trinajstić information content (AvgIpc) is 3.18. The summed E-state index contributed by atoms with van der Waals surface area (Å²) < 4.78 is 0. The number of carbonyl (C=O) groups is 3. The first-order valence-electron chi connectivity index (χ1n) is 8.85. The van der Waals surface area contributed by atoms with Crippen LogP contribution in [0.2, 0.25) is 0 Å². The highest BCUT2D eigenvalue weighted by molar-refractivity contribution is 7.07. The molecule has 1 aromatic heterocycles. The third kappa shape index (κ3) is 3.40. The van der Waals surface area contributed by atoms with Crippen LogP contribution < -0.4 is 5.32 Å². The zero-order valence-corrected chi connectivity index (χ0v) is 16.1. The van der Waals surface area contributed by atoms with Crippen molar-refractivity contribution >= 4 is 34.5 Å². The van der Waals surface area contributed by atoms with E-state index in [1.54, 1.807) is 53.8 Å². The van der Waals surface area contributed by atoms with E-state index in [9.17, 15) is 14.4 Å². The summed E-state index contributed by atoms with van der Waals surface area (Å²) in [5.41, 5.74) is 2.89. The maximum absolute atomic E-state index is 13.0. The number of hydrogen-bond donors (Lipinski definition) is 1. The largest absolute Gasteiger partial charge is 0.324 e. The van der Waals surface area contributed by atoms with Crippen LogP contribution in [0.3, 0.4) is 0 Å². The highest BCUT2D eigenvalue weighted by Gasteiger charge is 2.31. The monoisotopic (exact) mass is 390 g/mol. The van der Waals surface area contributed by atoms with Gasteiger partial charge < -0.3 is 5.32 Å². The minimum Gasteiger partial charge on any atom is -0.324 e. The van der Waals surface area contributed by atoms with Crippen molar-refractivity contribution in [3.05, 3.63) is 87.1 Å². The molecule has 0 unspecified atom stereocenters. The highest BCUT2D eigenvalue weighted by atomic mass is 32.1. The van der Waals surface area contributed by atoms with Gasteiger partial charge in [0.05, 0.1) is 17.8 Å². The van der Waals surface area contributed by atoms with E-state index in [1.165, 1.54) is 0 Å². The Labute approximate surface area is 166 Å². The van der Waals surface area contributed by atoms with Crippen LogP contribution in [-0.4, -0.2) is 36.0 Å². The van der Waals surface area contributed by atoms with Crippen molar-refractivity contribution in [1.82, 2.24) is 4.90 Å². The Morgan fingerprint density at radius 2 is 1.68 bits per heavy atom. The Bertz CT molecular complexity index is 1070. The number of carbonyl (C=O) groups excluding carboxylic acids is 3. The summed E-state index contributed by atoms with van der Waals surface area (Å²) in [4.78, 5) is 40.2. The van der Waals surface area contributed by atoms with E-state index in [4.69, 9.17) is 0 Å². The fourth-order valence-corrected chi connectivity index (χ4v) is 4.09. The smallest absolute Gasteiger partial charge is 0.238 e. The minimum absolute atomic E-state index is 0.179. The zero-order valence-electron chi connectivity index (χ0n) is 15.3. The number of nitrogens with one attached hydrogen (secondary N) is 1. The van der Waals surface area contributed by atoms with Gasteiger partial charge in [-0.3, -0.25) is 19.3 Å². The molecule has 0 saturated carbocycles. The molecular weight excluding hydrogens is 372 g/mol. The van der Waals surface area contributed by atoms with E-state index in [-0.39, 0.29) is 29.6 Å². The first-order chi connectivity index (χ1) is 13.5. The van der Waals surface area contributed by atoms with Crippen molar-refractivity contribution in [2.45, 2.75) is 6.54 Å². The summed E-state index contributed by atoms with van der Waals surface area (Å²) in [6.45, 7) is 0.840.